The van der Waals surface area contributed by atoms with E-state index in [9.17, 15) is 9.90 Å². The number of anilines is 1. The highest BCUT2D eigenvalue weighted by Gasteiger charge is 2.45. The minimum atomic E-state index is -0.744. The quantitative estimate of drug-likeness (QED) is 0.863. The lowest BCUT2D eigenvalue weighted by atomic mass is 9.73. The van der Waals surface area contributed by atoms with Crippen molar-refractivity contribution in [3.8, 4) is 0 Å². The molecule has 0 radical (unpaired) electrons. The number of carboxylic acids is 1. The number of nitrogens with zero attached hydrogens (tertiary/aromatic N) is 2. The van der Waals surface area contributed by atoms with Gasteiger partial charge in [0.05, 0.1) is 16.6 Å². The van der Waals surface area contributed by atoms with Gasteiger partial charge in [-0.1, -0.05) is 23.7 Å². The van der Waals surface area contributed by atoms with Crippen LogP contribution in [-0.4, -0.2) is 49.2 Å². The van der Waals surface area contributed by atoms with Gasteiger partial charge in [0.25, 0.3) is 0 Å². The van der Waals surface area contributed by atoms with Crippen LogP contribution in [-0.2, 0) is 4.79 Å². The van der Waals surface area contributed by atoms with E-state index in [4.69, 9.17) is 11.6 Å². The first-order valence-corrected chi connectivity index (χ1v) is 7.31. The second-order valence-electron chi connectivity index (χ2n) is 5.89. The van der Waals surface area contributed by atoms with Crippen molar-refractivity contribution in [1.82, 2.24) is 4.90 Å². The minimum Gasteiger partial charge on any atom is -0.481 e. The first kappa shape index (κ1) is 13.7. The number of benzene rings is 1. The maximum absolute atomic E-state index is 11.8. The number of carboxylic acid groups (broad SMARTS) is 1. The van der Waals surface area contributed by atoms with E-state index in [1.165, 1.54) is 0 Å². The summed E-state index contributed by atoms with van der Waals surface area (Å²) < 4.78 is 0. The number of rotatable bonds is 1. The SMILES string of the molecule is CN1CCC2C(C1)C(C(=O)O)c1cccc(Cl)c1N2C. The van der Waals surface area contributed by atoms with Gasteiger partial charge in [-0.05, 0) is 31.6 Å². The maximum Gasteiger partial charge on any atom is 0.311 e. The summed E-state index contributed by atoms with van der Waals surface area (Å²) in [5, 5.41) is 10.4. The van der Waals surface area contributed by atoms with Crippen molar-refractivity contribution in [3.63, 3.8) is 0 Å². The summed E-state index contributed by atoms with van der Waals surface area (Å²) >= 11 is 6.32. The summed E-state index contributed by atoms with van der Waals surface area (Å²) in [7, 11) is 4.09. The van der Waals surface area contributed by atoms with E-state index in [2.05, 4.69) is 16.8 Å². The van der Waals surface area contributed by atoms with Crippen LogP contribution in [0.15, 0.2) is 18.2 Å². The Hall–Kier alpha value is -1.26. The molecular formula is C15H19ClN2O2. The monoisotopic (exact) mass is 294 g/mol. The summed E-state index contributed by atoms with van der Waals surface area (Å²) in [5.41, 5.74) is 1.75. The van der Waals surface area contributed by atoms with E-state index >= 15 is 0 Å². The Balaban J connectivity index is 2.14. The molecule has 2 heterocycles. The minimum absolute atomic E-state index is 0.113. The molecule has 0 bridgehead atoms. The van der Waals surface area contributed by atoms with Gasteiger partial charge in [0.1, 0.15) is 0 Å². The summed E-state index contributed by atoms with van der Waals surface area (Å²) in [6.45, 7) is 1.82. The number of para-hydroxylation sites is 1. The van der Waals surface area contributed by atoms with Gasteiger partial charge in [0.15, 0.2) is 0 Å². The number of piperidine rings is 1. The van der Waals surface area contributed by atoms with Gasteiger partial charge < -0.3 is 14.9 Å². The number of hydrogen-bond acceptors (Lipinski definition) is 3. The first-order valence-electron chi connectivity index (χ1n) is 6.93. The van der Waals surface area contributed by atoms with Crippen molar-refractivity contribution >= 4 is 23.3 Å². The second-order valence-corrected chi connectivity index (χ2v) is 6.29. The third kappa shape index (κ3) is 1.98. The molecule has 0 saturated carbocycles. The van der Waals surface area contributed by atoms with Crippen LogP contribution < -0.4 is 4.90 Å². The van der Waals surface area contributed by atoms with Crippen LogP contribution in [0.3, 0.4) is 0 Å². The zero-order chi connectivity index (χ0) is 14.4. The van der Waals surface area contributed by atoms with Gasteiger partial charge in [0, 0.05) is 25.6 Å². The van der Waals surface area contributed by atoms with E-state index < -0.39 is 11.9 Å². The van der Waals surface area contributed by atoms with E-state index in [0.717, 1.165) is 30.8 Å². The molecule has 3 unspecified atom stereocenters. The fraction of sp³-hybridized carbons (Fsp3) is 0.533. The Labute approximate surface area is 123 Å². The molecule has 3 atom stereocenters. The van der Waals surface area contributed by atoms with Crippen LogP contribution in [0.1, 0.15) is 17.9 Å². The molecule has 2 aliphatic heterocycles. The van der Waals surface area contributed by atoms with Gasteiger partial charge in [-0.25, -0.2) is 0 Å². The third-order valence-electron chi connectivity index (χ3n) is 4.72. The fourth-order valence-corrected chi connectivity index (χ4v) is 4.13. The summed E-state index contributed by atoms with van der Waals surface area (Å²) in [6, 6.07) is 5.84. The summed E-state index contributed by atoms with van der Waals surface area (Å²) in [4.78, 5) is 16.2. The van der Waals surface area contributed by atoms with Gasteiger partial charge in [-0.2, -0.15) is 0 Å². The molecule has 1 aromatic carbocycles. The third-order valence-corrected chi connectivity index (χ3v) is 5.03. The molecule has 108 valence electrons. The normalized spacial score (nSPS) is 29.8. The van der Waals surface area contributed by atoms with Crippen LogP contribution in [0.4, 0.5) is 5.69 Å². The molecule has 0 spiro atoms. The summed E-state index contributed by atoms with van der Waals surface area (Å²) in [6.07, 6.45) is 0.978. The number of carbonyl (C=O) groups is 1. The van der Waals surface area contributed by atoms with Crippen molar-refractivity contribution in [2.75, 3.05) is 32.1 Å². The largest absolute Gasteiger partial charge is 0.481 e. The molecular weight excluding hydrogens is 276 g/mol. The molecule has 1 aromatic rings. The molecule has 0 amide bonds. The standard InChI is InChI=1S/C15H19ClN2O2/c1-17-7-6-12-10(8-17)13(15(19)20)9-4-3-5-11(16)14(9)18(12)2/h3-5,10,12-13H,6-8H2,1-2H3,(H,19,20). The Morgan fingerprint density at radius 1 is 1.40 bits per heavy atom. The molecule has 20 heavy (non-hydrogen) atoms. The van der Waals surface area contributed by atoms with Crippen LogP contribution >= 0.6 is 11.6 Å². The fourth-order valence-electron chi connectivity index (χ4n) is 3.82. The molecule has 0 aromatic heterocycles. The van der Waals surface area contributed by atoms with E-state index in [1.807, 2.05) is 25.2 Å². The molecule has 0 aliphatic carbocycles. The Morgan fingerprint density at radius 3 is 2.85 bits per heavy atom. The van der Waals surface area contributed by atoms with Crippen molar-refractivity contribution < 1.29 is 9.90 Å². The van der Waals surface area contributed by atoms with Crippen LogP contribution in [0, 0.1) is 5.92 Å². The zero-order valence-corrected chi connectivity index (χ0v) is 12.5. The van der Waals surface area contributed by atoms with Gasteiger partial charge in [-0.3, -0.25) is 4.79 Å². The number of aliphatic carboxylic acids is 1. The van der Waals surface area contributed by atoms with Crippen molar-refractivity contribution in [3.05, 3.63) is 28.8 Å². The molecule has 4 nitrogen and oxygen atoms in total. The lowest BCUT2D eigenvalue weighted by Gasteiger charge is -2.49. The van der Waals surface area contributed by atoms with Crippen LogP contribution in [0.25, 0.3) is 0 Å². The molecule has 1 fully saturated rings. The Kier molecular flexibility index (Phi) is 3.38. The molecule has 5 heteroatoms. The molecule has 1 N–H and O–H groups in total. The van der Waals surface area contributed by atoms with E-state index in [0.29, 0.717) is 5.02 Å². The highest BCUT2D eigenvalue weighted by atomic mass is 35.5. The predicted octanol–water partition coefficient (Wildman–Crippen LogP) is 2.28. The lowest BCUT2D eigenvalue weighted by Crippen LogP contribution is -2.55. The predicted molar refractivity (Wildman–Crippen MR) is 79.6 cm³/mol. The lowest BCUT2D eigenvalue weighted by molar-refractivity contribution is -0.141. The zero-order valence-electron chi connectivity index (χ0n) is 11.7. The average Bonchev–Trinajstić information content (AvgIpc) is 2.38. The average molecular weight is 295 g/mol. The van der Waals surface area contributed by atoms with E-state index in [-0.39, 0.29) is 12.0 Å². The van der Waals surface area contributed by atoms with Crippen molar-refractivity contribution in [1.29, 1.82) is 0 Å². The van der Waals surface area contributed by atoms with Crippen molar-refractivity contribution in [2.24, 2.45) is 5.92 Å². The number of likely N-dealkylation sites (tertiary alicyclic amines) is 1. The smallest absolute Gasteiger partial charge is 0.311 e. The van der Waals surface area contributed by atoms with Crippen LogP contribution in [0.2, 0.25) is 5.02 Å². The second kappa shape index (κ2) is 4.93. The highest BCUT2D eigenvalue weighted by Crippen LogP contribution is 2.47. The maximum atomic E-state index is 11.8. The number of fused-ring (bicyclic) bond motifs is 2. The van der Waals surface area contributed by atoms with Crippen molar-refractivity contribution in [2.45, 2.75) is 18.4 Å². The van der Waals surface area contributed by atoms with Gasteiger partial charge in [-0.15, -0.1) is 0 Å². The Morgan fingerprint density at radius 2 is 2.15 bits per heavy atom. The highest BCUT2D eigenvalue weighted by molar-refractivity contribution is 6.33. The molecule has 3 rings (SSSR count). The number of halogens is 1. The van der Waals surface area contributed by atoms with Gasteiger partial charge >= 0.3 is 5.97 Å². The van der Waals surface area contributed by atoms with E-state index in [1.54, 1.807) is 0 Å². The first-order chi connectivity index (χ1) is 9.50. The topological polar surface area (TPSA) is 43.8 Å². The van der Waals surface area contributed by atoms with Gasteiger partial charge in [0.2, 0.25) is 0 Å². The molecule has 1 saturated heterocycles. The molecule has 2 aliphatic rings. The summed E-state index contributed by atoms with van der Waals surface area (Å²) in [5.74, 6) is -1.10. The van der Waals surface area contributed by atoms with Crippen LogP contribution in [0.5, 0.6) is 0 Å². The number of hydrogen-bond donors (Lipinski definition) is 1. The Bertz CT molecular complexity index is 549.